The molecule has 0 atom stereocenters. The summed E-state index contributed by atoms with van der Waals surface area (Å²) in [7, 11) is 1.36. The average Bonchev–Trinajstić information content (AvgIpc) is 3.07. The summed E-state index contributed by atoms with van der Waals surface area (Å²) < 4.78 is 23.2. The highest BCUT2D eigenvalue weighted by Gasteiger charge is 2.35. The Kier molecular flexibility index (Phi) is 6.12. The maximum Gasteiger partial charge on any atom is 0.331 e. The minimum Gasteiger partial charge on any atom is -0.494 e. The molecule has 1 aromatic carbocycles. The largest absolute Gasteiger partial charge is 0.494 e. The number of hydrogen-bond donors (Lipinski definition) is 1. The van der Waals surface area contributed by atoms with Crippen LogP contribution < -0.4 is 10.1 Å². The summed E-state index contributed by atoms with van der Waals surface area (Å²) in [4.78, 5) is 23.5. The van der Waals surface area contributed by atoms with Gasteiger partial charge in [0.2, 0.25) is 0 Å². The molecule has 2 rings (SSSR count). The molecule has 0 aliphatic heterocycles. The second-order valence-corrected chi connectivity index (χ2v) is 5.78. The molecule has 1 aliphatic rings. The summed E-state index contributed by atoms with van der Waals surface area (Å²) in [5, 5.41) is 11.8. The van der Waals surface area contributed by atoms with Crippen LogP contribution in [0.25, 0.3) is 6.08 Å². The topological polar surface area (TPSA) is 88.4 Å². The maximum atomic E-state index is 13.5. The lowest BCUT2D eigenvalue weighted by atomic mass is 10.00. The fraction of sp³-hybridized carbons (Fsp3) is 0.389. The lowest BCUT2D eigenvalue weighted by Crippen LogP contribution is -2.46. The third-order valence-electron chi connectivity index (χ3n) is 3.98. The van der Waals surface area contributed by atoms with Gasteiger partial charge in [0.25, 0.3) is 5.91 Å². The second kappa shape index (κ2) is 8.29. The standard InChI is InChI=1S/C18H19FN2O4/c1-24-15-6-4-13(10-14(15)19)5-7-17(23)25-11-16(22)21-18(12-20)8-2-3-9-18/h4-7,10H,2-3,8-9,11H2,1H3,(H,21,22)/b7-5+. The van der Waals surface area contributed by atoms with Crippen LogP contribution in [0, 0.1) is 17.1 Å². The van der Waals surface area contributed by atoms with Gasteiger partial charge in [0.05, 0.1) is 13.2 Å². The summed E-state index contributed by atoms with van der Waals surface area (Å²) >= 11 is 0. The molecule has 1 saturated carbocycles. The summed E-state index contributed by atoms with van der Waals surface area (Å²) in [6.45, 7) is -0.469. The number of carbonyl (C=O) groups is 2. The Bertz CT molecular complexity index is 718. The summed E-state index contributed by atoms with van der Waals surface area (Å²) in [6.07, 6.45) is 5.45. The number of hydrogen-bond acceptors (Lipinski definition) is 5. The highest BCUT2D eigenvalue weighted by Crippen LogP contribution is 2.28. The molecule has 1 N–H and O–H groups in total. The number of methoxy groups -OCH3 is 1. The normalized spacial score (nSPS) is 15.6. The molecule has 25 heavy (non-hydrogen) atoms. The molecular formula is C18H19FN2O4. The van der Waals surface area contributed by atoms with Crippen LogP contribution in [0.1, 0.15) is 31.2 Å². The van der Waals surface area contributed by atoms with E-state index in [1.54, 1.807) is 6.07 Å². The molecule has 6 nitrogen and oxygen atoms in total. The van der Waals surface area contributed by atoms with Crippen LogP contribution in [-0.2, 0) is 14.3 Å². The number of esters is 1. The third-order valence-corrected chi connectivity index (χ3v) is 3.98. The minimum atomic E-state index is -0.847. The van der Waals surface area contributed by atoms with Crippen molar-refractivity contribution in [2.24, 2.45) is 0 Å². The van der Waals surface area contributed by atoms with Crippen molar-refractivity contribution in [3.05, 3.63) is 35.7 Å². The Hall–Kier alpha value is -2.88. The van der Waals surface area contributed by atoms with Crippen molar-refractivity contribution < 1.29 is 23.5 Å². The lowest BCUT2D eigenvalue weighted by Gasteiger charge is -2.21. The van der Waals surface area contributed by atoms with E-state index in [2.05, 4.69) is 11.4 Å². The quantitative estimate of drug-likeness (QED) is 0.631. The Morgan fingerprint density at radius 3 is 2.72 bits per heavy atom. The fourth-order valence-corrected chi connectivity index (χ4v) is 2.68. The van der Waals surface area contributed by atoms with E-state index in [4.69, 9.17) is 9.47 Å². The van der Waals surface area contributed by atoms with Crippen molar-refractivity contribution in [3.8, 4) is 11.8 Å². The van der Waals surface area contributed by atoms with E-state index in [-0.39, 0.29) is 5.75 Å². The fourth-order valence-electron chi connectivity index (χ4n) is 2.68. The number of nitrogens with zero attached hydrogens (tertiary/aromatic N) is 1. The smallest absolute Gasteiger partial charge is 0.331 e. The van der Waals surface area contributed by atoms with Crippen LogP contribution in [0.3, 0.4) is 0 Å². The highest BCUT2D eigenvalue weighted by atomic mass is 19.1. The van der Waals surface area contributed by atoms with E-state index in [9.17, 15) is 19.2 Å². The van der Waals surface area contributed by atoms with Gasteiger partial charge in [-0.3, -0.25) is 4.79 Å². The molecule has 1 fully saturated rings. The first kappa shape index (κ1) is 18.5. The Morgan fingerprint density at radius 2 is 2.12 bits per heavy atom. The van der Waals surface area contributed by atoms with Gasteiger partial charge in [-0.25, -0.2) is 9.18 Å². The first-order chi connectivity index (χ1) is 12.0. The van der Waals surface area contributed by atoms with Crippen molar-refractivity contribution in [3.63, 3.8) is 0 Å². The van der Waals surface area contributed by atoms with Gasteiger partial charge in [0.1, 0.15) is 5.54 Å². The predicted octanol–water partition coefficient (Wildman–Crippen LogP) is 2.34. The van der Waals surface area contributed by atoms with Gasteiger partial charge in [-0.2, -0.15) is 5.26 Å². The molecule has 132 valence electrons. The van der Waals surface area contributed by atoms with Gasteiger partial charge in [-0.05, 0) is 49.5 Å². The highest BCUT2D eigenvalue weighted by molar-refractivity contribution is 5.89. The van der Waals surface area contributed by atoms with E-state index in [1.807, 2.05) is 0 Å². The molecule has 1 aliphatic carbocycles. The van der Waals surface area contributed by atoms with E-state index in [1.165, 1.54) is 25.3 Å². The number of nitriles is 1. The minimum absolute atomic E-state index is 0.106. The summed E-state index contributed by atoms with van der Waals surface area (Å²) in [6, 6.07) is 6.36. The predicted molar refractivity (Wildman–Crippen MR) is 87.9 cm³/mol. The number of nitrogens with one attached hydrogen (secondary N) is 1. The van der Waals surface area contributed by atoms with Crippen molar-refractivity contribution in [1.29, 1.82) is 5.26 Å². The van der Waals surface area contributed by atoms with Crippen LogP contribution in [0.15, 0.2) is 24.3 Å². The first-order valence-corrected chi connectivity index (χ1v) is 7.89. The number of rotatable bonds is 6. The van der Waals surface area contributed by atoms with Crippen molar-refractivity contribution in [2.75, 3.05) is 13.7 Å². The van der Waals surface area contributed by atoms with Gasteiger partial charge in [0.15, 0.2) is 18.2 Å². The molecule has 1 amide bonds. The molecule has 1 aromatic rings. The average molecular weight is 346 g/mol. The monoisotopic (exact) mass is 346 g/mol. The zero-order chi connectivity index (χ0) is 18.3. The molecule has 0 aromatic heterocycles. The van der Waals surface area contributed by atoms with Crippen molar-refractivity contribution in [2.45, 2.75) is 31.2 Å². The number of amides is 1. The zero-order valence-corrected chi connectivity index (χ0v) is 13.9. The Labute approximate surface area is 145 Å². The van der Waals surface area contributed by atoms with Crippen LogP contribution >= 0.6 is 0 Å². The maximum absolute atomic E-state index is 13.5. The van der Waals surface area contributed by atoms with Gasteiger partial charge in [-0.15, -0.1) is 0 Å². The van der Waals surface area contributed by atoms with E-state index in [0.29, 0.717) is 18.4 Å². The van der Waals surface area contributed by atoms with Gasteiger partial charge >= 0.3 is 5.97 Å². The first-order valence-electron chi connectivity index (χ1n) is 7.89. The molecular weight excluding hydrogens is 327 g/mol. The summed E-state index contributed by atoms with van der Waals surface area (Å²) in [5.41, 5.74) is -0.394. The van der Waals surface area contributed by atoms with E-state index in [0.717, 1.165) is 18.9 Å². The third kappa shape index (κ3) is 5.05. The summed E-state index contributed by atoms with van der Waals surface area (Å²) in [5.74, 6) is -1.69. The van der Waals surface area contributed by atoms with Gasteiger partial charge < -0.3 is 14.8 Å². The Balaban J connectivity index is 1.83. The van der Waals surface area contributed by atoms with Crippen LogP contribution in [-0.4, -0.2) is 31.1 Å². The molecule has 0 saturated heterocycles. The SMILES string of the molecule is COc1ccc(/C=C/C(=O)OCC(=O)NC2(C#N)CCCC2)cc1F. The molecule has 0 heterocycles. The van der Waals surface area contributed by atoms with Crippen molar-refractivity contribution in [1.82, 2.24) is 5.32 Å². The Morgan fingerprint density at radius 1 is 1.40 bits per heavy atom. The van der Waals surface area contributed by atoms with E-state index < -0.39 is 29.8 Å². The molecule has 0 bridgehead atoms. The van der Waals surface area contributed by atoms with Crippen molar-refractivity contribution >= 4 is 18.0 Å². The molecule has 0 unspecified atom stereocenters. The lowest BCUT2D eigenvalue weighted by molar-refractivity contribution is -0.144. The van der Waals surface area contributed by atoms with Gasteiger partial charge in [-0.1, -0.05) is 6.07 Å². The number of ether oxygens (including phenoxy) is 2. The van der Waals surface area contributed by atoms with E-state index >= 15 is 0 Å². The number of benzene rings is 1. The molecule has 7 heteroatoms. The second-order valence-electron chi connectivity index (χ2n) is 5.78. The zero-order valence-electron chi connectivity index (χ0n) is 13.9. The van der Waals surface area contributed by atoms with Crippen LogP contribution in [0.2, 0.25) is 0 Å². The van der Waals surface area contributed by atoms with Crippen LogP contribution in [0.4, 0.5) is 4.39 Å². The molecule has 0 radical (unpaired) electrons. The number of carbonyl (C=O) groups excluding carboxylic acids is 2. The van der Waals surface area contributed by atoms with Crippen LogP contribution in [0.5, 0.6) is 5.75 Å². The molecule has 0 spiro atoms. The van der Waals surface area contributed by atoms with Gasteiger partial charge in [0, 0.05) is 6.08 Å². The number of halogens is 1.